The van der Waals surface area contributed by atoms with Crippen molar-refractivity contribution in [3.05, 3.63) is 58.5 Å². The molecule has 2 heterocycles. The van der Waals surface area contributed by atoms with Crippen LogP contribution in [0.25, 0.3) is 0 Å². The van der Waals surface area contributed by atoms with E-state index in [0.29, 0.717) is 0 Å². The van der Waals surface area contributed by atoms with Crippen molar-refractivity contribution >= 4 is 17.0 Å². The number of rotatable bonds is 3. The van der Waals surface area contributed by atoms with Crippen LogP contribution < -0.4 is 0 Å². The van der Waals surface area contributed by atoms with Crippen molar-refractivity contribution in [1.29, 1.82) is 0 Å². The smallest absolute Gasteiger partial charge is 0.0804 e. The van der Waals surface area contributed by atoms with E-state index in [9.17, 15) is 0 Å². The molecular formula is C14H15NS. The summed E-state index contributed by atoms with van der Waals surface area (Å²) in [5.74, 6) is 0. The molecular weight excluding hydrogens is 214 g/mol. The van der Waals surface area contributed by atoms with Gasteiger partial charge in [-0.2, -0.15) is 0 Å². The molecule has 0 amide bonds. The highest BCUT2D eigenvalue weighted by Crippen LogP contribution is 2.25. The molecule has 0 unspecified atom stereocenters. The molecule has 1 nitrogen and oxygen atoms in total. The van der Waals surface area contributed by atoms with Gasteiger partial charge in [0.2, 0.25) is 0 Å². The monoisotopic (exact) mass is 229 g/mol. The third kappa shape index (κ3) is 2.39. The highest BCUT2D eigenvalue weighted by Gasteiger charge is 2.11. The Morgan fingerprint density at radius 3 is 2.94 bits per heavy atom. The van der Waals surface area contributed by atoms with Crippen LogP contribution in [0, 0.1) is 6.92 Å². The van der Waals surface area contributed by atoms with Crippen LogP contribution in [0.15, 0.2) is 53.7 Å². The Balaban J connectivity index is 2.33. The minimum absolute atomic E-state index is 0.875. The Morgan fingerprint density at radius 1 is 1.50 bits per heavy atom. The lowest BCUT2D eigenvalue weighted by molar-refractivity contribution is 1.02. The van der Waals surface area contributed by atoms with Gasteiger partial charge in [-0.15, -0.1) is 17.9 Å². The lowest BCUT2D eigenvalue weighted by Gasteiger charge is -2.12. The van der Waals surface area contributed by atoms with Crippen molar-refractivity contribution in [2.45, 2.75) is 19.8 Å². The molecule has 1 aromatic heterocycles. The molecule has 16 heavy (non-hydrogen) atoms. The molecule has 0 atom stereocenters. The number of thiophene rings is 1. The van der Waals surface area contributed by atoms with Crippen molar-refractivity contribution in [2.75, 3.05) is 0 Å². The summed E-state index contributed by atoms with van der Waals surface area (Å²) in [4.78, 5) is 7.05. The van der Waals surface area contributed by atoms with Crippen LogP contribution in [0.1, 0.15) is 22.6 Å². The van der Waals surface area contributed by atoms with Gasteiger partial charge in [0, 0.05) is 17.0 Å². The largest absolute Gasteiger partial charge is 0.252 e. The molecule has 1 aliphatic rings. The Kier molecular flexibility index (Phi) is 3.20. The van der Waals surface area contributed by atoms with E-state index in [2.05, 4.69) is 43.3 Å². The van der Waals surface area contributed by atoms with Gasteiger partial charge in [0.15, 0.2) is 0 Å². The van der Waals surface area contributed by atoms with Gasteiger partial charge in [0.1, 0.15) is 0 Å². The van der Waals surface area contributed by atoms with Crippen molar-refractivity contribution in [2.24, 2.45) is 4.99 Å². The van der Waals surface area contributed by atoms with E-state index in [-0.39, 0.29) is 0 Å². The quantitative estimate of drug-likeness (QED) is 0.686. The first-order valence-electron chi connectivity index (χ1n) is 5.32. The lowest BCUT2D eigenvalue weighted by Crippen LogP contribution is -2.03. The van der Waals surface area contributed by atoms with Gasteiger partial charge in [0.05, 0.1) is 10.6 Å². The number of hydrogen-bond acceptors (Lipinski definition) is 2. The molecule has 1 aromatic rings. The molecule has 1 aliphatic heterocycles. The molecule has 2 rings (SSSR count). The molecule has 0 saturated heterocycles. The van der Waals surface area contributed by atoms with Crippen molar-refractivity contribution in [1.82, 2.24) is 0 Å². The molecule has 0 aromatic carbocycles. The summed E-state index contributed by atoms with van der Waals surface area (Å²) < 4.78 is 0. The van der Waals surface area contributed by atoms with Crippen LogP contribution >= 0.6 is 11.3 Å². The number of aryl methyl sites for hydroxylation is 1. The molecule has 0 aliphatic carbocycles. The van der Waals surface area contributed by atoms with Gasteiger partial charge in [0.25, 0.3) is 0 Å². The fourth-order valence-electron chi connectivity index (χ4n) is 1.76. The predicted octanol–water partition coefficient (Wildman–Crippen LogP) is 4.27. The van der Waals surface area contributed by atoms with Gasteiger partial charge in [-0.3, -0.25) is 4.99 Å². The summed E-state index contributed by atoms with van der Waals surface area (Å²) in [7, 11) is 0. The minimum Gasteiger partial charge on any atom is -0.252 e. The SMILES string of the molecule is C=CCC1=CC(c2ccc(C)s2)=NC(=C)C1. The summed E-state index contributed by atoms with van der Waals surface area (Å²) >= 11 is 1.77. The fourth-order valence-corrected chi connectivity index (χ4v) is 2.59. The molecule has 0 spiro atoms. The molecule has 82 valence electrons. The van der Waals surface area contributed by atoms with E-state index < -0.39 is 0 Å². The third-order valence-corrected chi connectivity index (χ3v) is 3.47. The maximum atomic E-state index is 4.52. The van der Waals surface area contributed by atoms with E-state index in [1.165, 1.54) is 15.3 Å². The molecule has 0 radical (unpaired) electrons. The highest BCUT2D eigenvalue weighted by atomic mass is 32.1. The summed E-state index contributed by atoms with van der Waals surface area (Å²) in [5, 5.41) is 0. The molecule has 0 fully saturated rings. The Bertz CT molecular complexity index is 489. The van der Waals surface area contributed by atoms with Crippen LogP contribution in [0.5, 0.6) is 0 Å². The van der Waals surface area contributed by atoms with E-state index in [4.69, 9.17) is 0 Å². The van der Waals surface area contributed by atoms with Gasteiger partial charge >= 0.3 is 0 Å². The highest BCUT2D eigenvalue weighted by molar-refractivity contribution is 7.14. The van der Waals surface area contributed by atoms with Crippen LogP contribution in [0.2, 0.25) is 0 Å². The normalized spacial score (nSPS) is 15.7. The van der Waals surface area contributed by atoms with Crippen LogP contribution in [0.3, 0.4) is 0 Å². The first kappa shape index (κ1) is 11.1. The predicted molar refractivity (Wildman–Crippen MR) is 72.2 cm³/mol. The second kappa shape index (κ2) is 4.62. The summed E-state index contributed by atoms with van der Waals surface area (Å²) in [5.41, 5.74) is 3.34. The van der Waals surface area contributed by atoms with Crippen molar-refractivity contribution in [3.63, 3.8) is 0 Å². The van der Waals surface area contributed by atoms with Crippen LogP contribution in [0.4, 0.5) is 0 Å². The average Bonchev–Trinajstić information content (AvgIpc) is 2.64. The zero-order chi connectivity index (χ0) is 11.5. The van der Waals surface area contributed by atoms with E-state index in [1.54, 1.807) is 11.3 Å². The van der Waals surface area contributed by atoms with E-state index >= 15 is 0 Å². The standard InChI is InChI=1S/C14H15NS/c1-4-5-12-8-10(2)15-13(9-12)14-7-6-11(3)16-14/h4,6-7,9H,1-2,5,8H2,3H3. The maximum Gasteiger partial charge on any atom is 0.0804 e. The average molecular weight is 229 g/mol. The van der Waals surface area contributed by atoms with E-state index in [0.717, 1.165) is 24.3 Å². The molecule has 2 heteroatoms. The lowest BCUT2D eigenvalue weighted by atomic mass is 10.0. The van der Waals surface area contributed by atoms with Crippen molar-refractivity contribution in [3.8, 4) is 0 Å². The fraction of sp³-hybridized carbons (Fsp3) is 0.214. The molecule has 0 saturated carbocycles. The third-order valence-electron chi connectivity index (χ3n) is 2.45. The van der Waals surface area contributed by atoms with E-state index in [1.807, 2.05) is 6.08 Å². The number of nitrogens with zero attached hydrogens (tertiary/aromatic N) is 1. The second-order valence-corrected chi connectivity index (χ2v) is 5.23. The zero-order valence-electron chi connectivity index (χ0n) is 9.49. The second-order valence-electron chi connectivity index (χ2n) is 3.95. The first-order valence-corrected chi connectivity index (χ1v) is 6.14. The van der Waals surface area contributed by atoms with Gasteiger partial charge in [-0.1, -0.05) is 18.2 Å². The number of aliphatic imine (C=N–C) groups is 1. The topological polar surface area (TPSA) is 12.4 Å². The van der Waals surface area contributed by atoms with Crippen molar-refractivity contribution < 1.29 is 0 Å². The number of allylic oxidation sites excluding steroid dienone is 3. The van der Waals surface area contributed by atoms with Gasteiger partial charge in [-0.25, -0.2) is 0 Å². The number of hydrogen-bond donors (Lipinski definition) is 0. The van der Waals surface area contributed by atoms with Crippen LogP contribution in [-0.4, -0.2) is 5.71 Å². The summed E-state index contributed by atoms with van der Waals surface area (Å²) in [6.07, 6.45) is 5.89. The minimum atomic E-state index is 0.875. The molecule has 0 N–H and O–H groups in total. The Labute approximate surface area is 101 Å². The summed E-state index contributed by atoms with van der Waals surface area (Å²) in [6.45, 7) is 9.86. The molecule has 0 bridgehead atoms. The van der Waals surface area contributed by atoms with Gasteiger partial charge in [-0.05, 0) is 31.6 Å². The first-order chi connectivity index (χ1) is 7.69. The number of dihydropyridines is 1. The van der Waals surface area contributed by atoms with Crippen LogP contribution in [-0.2, 0) is 0 Å². The van der Waals surface area contributed by atoms with Gasteiger partial charge < -0.3 is 0 Å². The Morgan fingerprint density at radius 2 is 2.31 bits per heavy atom. The maximum absolute atomic E-state index is 4.52. The summed E-state index contributed by atoms with van der Waals surface area (Å²) in [6, 6.07) is 4.25. The zero-order valence-corrected chi connectivity index (χ0v) is 10.3. The Hall–Kier alpha value is -1.41.